The van der Waals surface area contributed by atoms with E-state index in [2.05, 4.69) is 20.9 Å². The average molecular weight is 468 g/mol. The highest BCUT2D eigenvalue weighted by molar-refractivity contribution is 9.10. The number of amides is 1. The Morgan fingerprint density at radius 2 is 1.90 bits per heavy atom. The summed E-state index contributed by atoms with van der Waals surface area (Å²) in [6.45, 7) is 0. The summed E-state index contributed by atoms with van der Waals surface area (Å²) in [6.07, 6.45) is 1.61. The number of halogens is 2. The monoisotopic (exact) mass is 466 g/mol. The summed E-state index contributed by atoms with van der Waals surface area (Å²) in [4.78, 5) is 32.6. The van der Waals surface area contributed by atoms with E-state index < -0.39 is 11.9 Å². The molecule has 2 aromatic carbocycles. The van der Waals surface area contributed by atoms with Crippen molar-refractivity contribution in [1.82, 2.24) is 4.98 Å². The number of nitrogens with zero attached hydrogens (tertiary/aromatic N) is 2. The Bertz CT molecular complexity index is 1340. The van der Waals surface area contributed by atoms with Gasteiger partial charge in [-0.3, -0.25) is 14.5 Å². The average Bonchev–Trinajstić information content (AvgIpc) is 3.02. The van der Waals surface area contributed by atoms with Crippen LogP contribution in [0.5, 0.6) is 0 Å². The van der Waals surface area contributed by atoms with Gasteiger partial charge in [0.1, 0.15) is 11.4 Å². The van der Waals surface area contributed by atoms with E-state index in [0.29, 0.717) is 21.8 Å². The van der Waals surface area contributed by atoms with Gasteiger partial charge in [0.25, 0.3) is 5.91 Å². The Kier molecular flexibility index (Phi) is 4.26. The second-order valence-electron chi connectivity index (χ2n) is 6.64. The Labute approximate surface area is 178 Å². The van der Waals surface area contributed by atoms with Crippen LogP contribution in [0.3, 0.4) is 0 Å². The van der Waals surface area contributed by atoms with Gasteiger partial charge in [-0.2, -0.15) is 0 Å². The third kappa shape index (κ3) is 2.87. The van der Waals surface area contributed by atoms with E-state index in [9.17, 15) is 9.59 Å². The van der Waals surface area contributed by atoms with Gasteiger partial charge in [0.2, 0.25) is 5.76 Å². The summed E-state index contributed by atoms with van der Waals surface area (Å²) < 4.78 is 6.73. The molecule has 0 unspecified atom stereocenters. The molecule has 4 aromatic rings. The van der Waals surface area contributed by atoms with Crippen LogP contribution < -0.4 is 10.3 Å². The van der Waals surface area contributed by atoms with Crippen LogP contribution >= 0.6 is 27.5 Å². The van der Waals surface area contributed by atoms with Gasteiger partial charge in [0, 0.05) is 15.7 Å². The zero-order chi connectivity index (χ0) is 20.1. The van der Waals surface area contributed by atoms with Gasteiger partial charge in [-0.05, 0) is 48.0 Å². The summed E-state index contributed by atoms with van der Waals surface area (Å²) >= 11 is 9.57. The molecule has 5 nitrogen and oxygen atoms in total. The van der Waals surface area contributed by atoms with Crippen LogP contribution in [-0.4, -0.2) is 10.9 Å². The minimum atomic E-state index is -0.662. The number of hydrogen-bond acceptors (Lipinski definition) is 4. The molecule has 0 N–H and O–H groups in total. The van der Waals surface area contributed by atoms with E-state index in [1.54, 1.807) is 42.6 Å². The van der Waals surface area contributed by atoms with Crippen molar-refractivity contribution in [3.63, 3.8) is 0 Å². The van der Waals surface area contributed by atoms with Gasteiger partial charge in [-0.25, -0.2) is 4.98 Å². The first-order chi connectivity index (χ1) is 14.0. The van der Waals surface area contributed by atoms with Crippen molar-refractivity contribution in [2.24, 2.45) is 0 Å². The van der Waals surface area contributed by atoms with E-state index in [4.69, 9.17) is 16.0 Å². The fraction of sp³-hybridized carbons (Fsp3) is 0.0455. The normalized spacial score (nSPS) is 15.7. The van der Waals surface area contributed by atoms with Gasteiger partial charge in [-0.1, -0.05) is 45.7 Å². The lowest BCUT2D eigenvalue weighted by molar-refractivity contribution is 0.0970. The van der Waals surface area contributed by atoms with E-state index >= 15 is 0 Å². The quantitative estimate of drug-likeness (QED) is 0.398. The molecule has 0 bridgehead atoms. The lowest BCUT2D eigenvalue weighted by Crippen LogP contribution is -2.30. The standard InChI is InChI=1S/C22H12BrClN2O3/c23-13-5-3-4-12(10-13)19-18-20(27)15-11-14(24)7-8-16(15)29-21(18)22(28)26(19)17-6-1-2-9-25-17/h1-11,19H/t19-/m1/s1. The molecule has 5 rings (SSSR count). The molecule has 0 saturated carbocycles. The van der Waals surface area contributed by atoms with Crippen LogP contribution in [0, 0.1) is 0 Å². The third-order valence-electron chi connectivity index (χ3n) is 4.89. The van der Waals surface area contributed by atoms with Gasteiger partial charge in [0.15, 0.2) is 5.43 Å². The van der Waals surface area contributed by atoms with Crippen LogP contribution in [-0.2, 0) is 0 Å². The fourth-order valence-corrected chi connectivity index (χ4v) is 4.26. The molecule has 0 aliphatic carbocycles. The smallest absolute Gasteiger partial charge is 0.296 e. The molecule has 29 heavy (non-hydrogen) atoms. The van der Waals surface area contributed by atoms with Crippen LogP contribution in [0.1, 0.15) is 27.7 Å². The summed E-state index contributed by atoms with van der Waals surface area (Å²) in [5, 5.41) is 0.765. The van der Waals surface area contributed by atoms with Crippen molar-refractivity contribution in [3.8, 4) is 0 Å². The van der Waals surface area contributed by atoms with Gasteiger partial charge < -0.3 is 4.42 Å². The molecule has 0 radical (unpaired) electrons. The Morgan fingerprint density at radius 1 is 1.03 bits per heavy atom. The largest absolute Gasteiger partial charge is 0.450 e. The number of pyridine rings is 1. The maximum absolute atomic E-state index is 13.4. The van der Waals surface area contributed by atoms with Crippen LogP contribution in [0.2, 0.25) is 5.02 Å². The van der Waals surface area contributed by atoms with Crippen LogP contribution in [0.25, 0.3) is 11.0 Å². The molecular formula is C22H12BrClN2O3. The Hall–Kier alpha value is -2.96. The van der Waals surface area contributed by atoms with Gasteiger partial charge >= 0.3 is 0 Å². The molecule has 0 saturated heterocycles. The highest BCUT2D eigenvalue weighted by atomic mass is 79.9. The van der Waals surface area contributed by atoms with Crippen molar-refractivity contribution in [2.75, 3.05) is 4.90 Å². The highest BCUT2D eigenvalue weighted by Crippen LogP contribution is 2.41. The maximum Gasteiger partial charge on any atom is 0.296 e. The van der Waals surface area contributed by atoms with Crippen molar-refractivity contribution >= 4 is 50.2 Å². The van der Waals surface area contributed by atoms with Crippen LogP contribution in [0.15, 0.2) is 80.5 Å². The summed E-state index contributed by atoms with van der Waals surface area (Å²) in [5.41, 5.74) is 1.10. The Balaban J connectivity index is 1.84. The first-order valence-corrected chi connectivity index (χ1v) is 9.98. The number of rotatable bonds is 2. The van der Waals surface area contributed by atoms with Crippen LogP contribution in [0.4, 0.5) is 5.82 Å². The van der Waals surface area contributed by atoms with Crippen molar-refractivity contribution in [1.29, 1.82) is 0 Å². The molecule has 2 aromatic heterocycles. The predicted octanol–water partition coefficient (Wildman–Crippen LogP) is 5.35. The summed E-state index contributed by atoms with van der Waals surface area (Å²) in [6, 6.07) is 16.9. The molecule has 1 amide bonds. The number of carbonyl (C=O) groups is 1. The molecule has 0 fully saturated rings. The van der Waals surface area contributed by atoms with E-state index in [1.165, 1.54) is 4.90 Å². The Morgan fingerprint density at radius 3 is 2.66 bits per heavy atom. The number of benzene rings is 2. The first kappa shape index (κ1) is 18.1. The minimum Gasteiger partial charge on any atom is -0.450 e. The number of fused-ring (bicyclic) bond motifs is 2. The highest BCUT2D eigenvalue weighted by Gasteiger charge is 2.44. The lowest BCUT2D eigenvalue weighted by atomic mass is 9.98. The van der Waals surface area contributed by atoms with Gasteiger partial charge in [-0.15, -0.1) is 0 Å². The molecule has 1 aliphatic heterocycles. The van der Waals surface area contributed by atoms with Crippen molar-refractivity contribution < 1.29 is 9.21 Å². The predicted molar refractivity (Wildman–Crippen MR) is 115 cm³/mol. The number of anilines is 1. The topological polar surface area (TPSA) is 63.4 Å². The first-order valence-electron chi connectivity index (χ1n) is 8.81. The lowest BCUT2D eigenvalue weighted by Gasteiger charge is -2.24. The fourth-order valence-electron chi connectivity index (χ4n) is 3.67. The molecule has 142 valence electrons. The SMILES string of the molecule is O=C1c2oc3ccc(Cl)cc3c(=O)c2[C@@H](c2cccc(Br)c2)N1c1ccccn1. The number of aromatic nitrogens is 1. The second-order valence-corrected chi connectivity index (χ2v) is 7.99. The second kappa shape index (κ2) is 6.83. The van der Waals surface area contributed by atoms with E-state index in [0.717, 1.165) is 10.0 Å². The zero-order valence-corrected chi connectivity index (χ0v) is 17.1. The van der Waals surface area contributed by atoms with Crippen molar-refractivity contribution in [2.45, 2.75) is 6.04 Å². The zero-order valence-electron chi connectivity index (χ0n) is 14.8. The molecular weight excluding hydrogens is 456 g/mol. The summed E-state index contributed by atoms with van der Waals surface area (Å²) in [7, 11) is 0. The number of carbonyl (C=O) groups excluding carboxylic acids is 1. The maximum atomic E-state index is 13.4. The third-order valence-corrected chi connectivity index (χ3v) is 5.62. The van der Waals surface area contributed by atoms with Gasteiger partial charge in [0.05, 0.1) is 17.0 Å². The molecule has 1 atom stereocenters. The van der Waals surface area contributed by atoms with E-state index in [-0.39, 0.29) is 16.8 Å². The molecule has 3 heterocycles. The molecule has 1 aliphatic rings. The minimum absolute atomic E-state index is 0.0282. The van der Waals surface area contributed by atoms with E-state index in [1.807, 2.05) is 24.3 Å². The summed E-state index contributed by atoms with van der Waals surface area (Å²) in [5.74, 6) is 0.0634. The molecule has 7 heteroatoms. The molecule has 0 spiro atoms. The van der Waals surface area contributed by atoms with Crippen molar-refractivity contribution in [3.05, 3.63) is 103 Å². The number of hydrogen-bond donors (Lipinski definition) is 0.